The zero-order chi connectivity index (χ0) is 27.1. The molecule has 6 heteroatoms. The van der Waals surface area contributed by atoms with Crippen LogP contribution in [-0.4, -0.2) is 49.7 Å². The van der Waals surface area contributed by atoms with E-state index in [2.05, 4.69) is 115 Å². The van der Waals surface area contributed by atoms with Crippen LogP contribution in [-0.2, 0) is 19.0 Å². The van der Waals surface area contributed by atoms with Gasteiger partial charge in [0.05, 0.1) is 45.1 Å². The molecule has 0 saturated heterocycles. The molecule has 0 N–H and O–H groups in total. The molecule has 2 atom stereocenters. The Kier molecular flexibility index (Phi) is 13.5. The molecule has 0 saturated carbocycles. The van der Waals surface area contributed by atoms with Gasteiger partial charge in [-0.1, -0.05) is 99.0 Å². The largest absolute Gasteiger partial charge is 0.378 e. The van der Waals surface area contributed by atoms with Gasteiger partial charge < -0.3 is 14.2 Å². The van der Waals surface area contributed by atoms with Gasteiger partial charge in [0.2, 0.25) is 4.69 Å². The zero-order valence-corrected chi connectivity index (χ0v) is 27.4. The Bertz CT molecular complexity index is 608. The highest BCUT2D eigenvalue weighted by atomic mass is 79.9. The van der Waals surface area contributed by atoms with Crippen molar-refractivity contribution in [1.82, 2.24) is 0 Å². The first-order valence-electron chi connectivity index (χ1n) is 12.6. The van der Waals surface area contributed by atoms with Crippen molar-refractivity contribution in [2.75, 3.05) is 45.0 Å². The van der Waals surface area contributed by atoms with Crippen molar-refractivity contribution < 1.29 is 19.0 Å². The summed E-state index contributed by atoms with van der Waals surface area (Å²) in [4.78, 5) is 12.7. The number of hydrogen-bond donors (Lipinski definition) is 0. The Morgan fingerprint density at radius 1 is 0.618 bits per heavy atom. The number of halogens is 2. The molecule has 2 unspecified atom stereocenters. The summed E-state index contributed by atoms with van der Waals surface area (Å²) in [5, 5.41) is 0.909. The molecule has 0 rings (SSSR count). The molecule has 0 amide bonds. The number of carbonyl (C=O) groups is 1. The van der Waals surface area contributed by atoms with E-state index in [1.807, 2.05) is 0 Å². The van der Waals surface area contributed by atoms with E-state index in [1.165, 1.54) is 0 Å². The summed E-state index contributed by atoms with van der Waals surface area (Å²) in [6, 6.07) is 0. The summed E-state index contributed by atoms with van der Waals surface area (Å²) in [6.07, 6.45) is 1.83. The minimum atomic E-state index is -0.590. The van der Waals surface area contributed by atoms with Crippen LogP contribution in [0, 0.1) is 32.5 Å². The smallest absolute Gasteiger partial charge is 0.206 e. The molecule has 0 aliphatic heterocycles. The van der Waals surface area contributed by atoms with Gasteiger partial charge >= 0.3 is 0 Å². The number of rotatable bonds is 14. The van der Waals surface area contributed by atoms with Crippen LogP contribution in [0.1, 0.15) is 95.9 Å². The average molecular weight is 615 g/mol. The summed E-state index contributed by atoms with van der Waals surface area (Å²) < 4.78 is 17.9. The van der Waals surface area contributed by atoms with E-state index in [4.69, 9.17) is 14.2 Å². The van der Waals surface area contributed by atoms with Gasteiger partial charge in [-0.3, -0.25) is 4.79 Å². The molecule has 204 valence electrons. The average Bonchev–Trinajstić information content (AvgIpc) is 2.60. The maximum Gasteiger partial charge on any atom is 0.206 e. The molecule has 0 aromatic heterocycles. The lowest BCUT2D eigenvalue weighted by Crippen LogP contribution is -2.47. The van der Waals surface area contributed by atoms with Crippen LogP contribution in [0.25, 0.3) is 0 Å². The summed E-state index contributed by atoms with van der Waals surface area (Å²) in [6.45, 7) is 29.7. The van der Waals surface area contributed by atoms with E-state index in [1.54, 1.807) is 0 Å². The monoisotopic (exact) mass is 612 g/mol. The first kappa shape index (κ1) is 34.5. The molecule has 0 fully saturated rings. The van der Waals surface area contributed by atoms with Crippen molar-refractivity contribution in [3.8, 4) is 0 Å². The van der Waals surface area contributed by atoms with Crippen molar-refractivity contribution in [1.29, 1.82) is 0 Å². The van der Waals surface area contributed by atoms with Gasteiger partial charge in [0.25, 0.3) is 0 Å². The lowest BCUT2D eigenvalue weighted by atomic mass is 9.61. The second kappa shape index (κ2) is 13.3. The van der Waals surface area contributed by atoms with Gasteiger partial charge in [-0.15, -0.1) is 0 Å². The predicted octanol–water partition coefficient (Wildman–Crippen LogP) is 8.29. The van der Waals surface area contributed by atoms with Crippen molar-refractivity contribution in [2.24, 2.45) is 32.5 Å². The molecule has 0 aliphatic rings. The predicted molar refractivity (Wildman–Crippen MR) is 152 cm³/mol. The Labute approximate surface area is 228 Å². The third-order valence-corrected chi connectivity index (χ3v) is 8.66. The fourth-order valence-corrected chi connectivity index (χ4v) is 6.60. The molecular formula is C28H54Br2O4. The van der Waals surface area contributed by atoms with E-state index >= 15 is 0 Å². The standard InChI is InChI=1S/C28H54Br2O4/c1-23(2,3)17-27(19-29,25(7,8)9)20-33-15-13-32-14-16-34-21-28(22(30)31,26(10,11)12)18-24(4,5)6/h13-21H2,1-12H3. The van der Waals surface area contributed by atoms with Crippen molar-refractivity contribution in [2.45, 2.75) is 95.9 Å². The Morgan fingerprint density at radius 2 is 1.03 bits per heavy atom. The van der Waals surface area contributed by atoms with Crippen molar-refractivity contribution in [3.05, 3.63) is 0 Å². The van der Waals surface area contributed by atoms with Crippen LogP contribution in [0.2, 0.25) is 0 Å². The molecule has 4 nitrogen and oxygen atoms in total. The summed E-state index contributed by atoms with van der Waals surface area (Å²) in [5.41, 5.74) is -0.398. The molecule has 0 radical (unpaired) electrons. The van der Waals surface area contributed by atoms with E-state index in [-0.39, 0.29) is 31.8 Å². The quantitative estimate of drug-likeness (QED) is 0.112. The Morgan fingerprint density at radius 3 is 1.35 bits per heavy atom. The second-order valence-corrected chi connectivity index (χ2v) is 15.7. The minimum Gasteiger partial charge on any atom is -0.378 e. The van der Waals surface area contributed by atoms with Crippen LogP contribution < -0.4 is 0 Å². The van der Waals surface area contributed by atoms with Crippen LogP contribution in [0.5, 0.6) is 0 Å². The lowest BCUT2D eigenvalue weighted by Gasteiger charge is -2.47. The Hall–Kier alpha value is 0.510. The fraction of sp³-hybridized carbons (Fsp3) is 0.964. The first-order valence-corrected chi connectivity index (χ1v) is 14.5. The molecule has 0 aromatic rings. The molecule has 0 heterocycles. The van der Waals surface area contributed by atoms with E-state index in [9.17, 15) is 4.79 Å². The van der Waals surface area contributed by atoms with Crippen LogP contribution in [0.4, 0.5) is 0 Å². The SMILES string of the molecule is CC(C)(C)CC(CBr)(COCCOCCOCC(CC(C)(C)C)(C(=O)Br)C(C)(C)C)C(C)(C)C. The number of alkyl halides is 1. The molecule has 0 aromatic carbocycles. The molecule has 0 spiro atoms. The molecule has 0 bridgehead atoms. The highest BCUT2D eigenvalue weighted by Gasteiger charge is 2.49. The summed E-state index contributed by atoms with van der Waals surface area (Å²) in [5.74, 6) is 0. The summed E-state index contributed by atoms with van der Waals surface area (Å²) >= 11 is 7.06. The highest BCUT2D eigenvalue weighted by molar-refractivity contribution is 9.18. The van der Waals surface area contributed by atoms with E-state index < -0.39 is 5.41 Å². The Balaban J connectivity index is 4.65. The van der Waals surface area contributed by atoms with Gasteiger partial charge in [0.1, 0.15) is 0 Å². The number of carbonyl (C=O) groups excluding carboxylic acids is 1. The van der Waals surface area contributed by atoms with Gasteiger partial charge in [-0.25, -0.2) is 0 Å². The molecule has 0 aliphatic carbocycles. The second-order valence-electron chi connectivity index (χ2n) is 14.5. The maximum absolute atomic E-state index is 12.7. The normalized spacial score (nSPS) is 17.4. The minimum absolute atomic E-state index is 0.0122. The van der Waals surface area contributed by atoms with E-state index in [0.29, 0.717) is 39.6 Å². The van der Waals surface area contributed by atoms with Crippen LogP contribution in [0.15, 0.2) is 0 Å². The van der Waals surface area contributed by atoms with Crippen LogP contribution >= 0.6 is 31.9 Å². The number of hydrogen-bond acceptors (Lipinski definition) is 4. The molecular weight excluding hydrogens is 560 g/mol. The third-order valence-electron chi connectivity index (χ3n) is 6.83. The maximum atomic E-state index is 12.7. The van der Waals surface area contributed by atoms with Crippen molar-refractivity contribution >= 4 is 36.6 Å². The zero-order valence-electron chi connectivity index (χ0n) is 24.3. The van der Waals surface area contributed by atoms with Gasteiger partial charge in [0.15, 0.2) is 0 Å². The number of ether oxygens (including phenoxy) is 3. The first-order chi connectivity index (χ1) is 15.1. The lowest BCUT2D eigenvalue weighted by molar-refractivity contribution is -0.136. The topological polar surface area (TPSA) is 44.8 Å². The van der Waals surface area contributed by atoms with Crippen molar-refractivity contribution in [3.63, 3.8) is 0 Å². The van der Waals surface area contributed by atoms with Crippen LogP contribution in [0.3, 0.4) is 0 Å². The van der Waals surface area contributed by atoms with Gasteiger partial charge in [0, 0.05) is 10.7 Å². The fourth-order valence-electron chi connectivity index (χ4n) is 4.54. The van der Waals surface area contributed by atoms with Gasteiger partial charge in [-0.05, 0) is 50.4 Å². The summed E-state index contributed by atoms with van der Waals surface area (Å²) in [7, 11) is 0. The van der Waals surface area contributed by atoms with Gasteiger partial charge in [-0.2, -0.15) is 0 Å². The highest BCUT2D eigenvalue weighted by Crippen LogP contribution is 2.49. The third kappa shape index (κ3) is 11.3. The molecule has 34 heavy (non-hydrogen) atoms. The van der Waals surface area contributed by atoms with E-state index in [0.717, 1.165) is 18.2 Å².